The molecule has 1 amide bonds. The molecule has 8 rings (SSSR count). The molecule has 3 fully saturated rings. The molecule has 0 saturated heterocycles. The number of aliphatic hydroxyl groups is 4. The molecule has 131 heavy (non-hydrogen) atoms. The van der Waals surface area contributed by atoms with E-state index in [0.29, 0.717) is 76.1 Å². The summed E-state index contributed by atoms with van der Waals surface area (Å²) in [6.07, 6.45) is 24.6. The number of thioether (sulfide) groups is 1. The van der Waals surface area contributed by atoms with Gasteiger partial charge in [-0.25, -0.2) is 8.78 Å². The molecule has 2 heterocycles. The van der Waals surface area contributed by atoms with E-state index >= 15 is 0 Å². The van der Waals surface area contributed by atoms with E-state index in [-0.39, 0.29) is 95.9 Å². The van der Waals surface area contributed by atoms with Crippen molar-refractivity contribution in [2.45, 2.75) is 325 Å². The zero-order valence-corrected chi connectivity index (χ0v) is 90.6. The number of nitrogens with one attached hydrogen (secondary N) is 1. The van der Waals surface area contributed by atoms with Crippen LogP contribution in [0.4, 0.5) is 8.78 Å². The molecule has 0 aromatic heterocycles. The van der Waals surface area contributed by atoms with Gasteiger partial charge < -0.3 is 92.8 Å². The average Bonchev–Trinajstić information content (AvgIpc) is 1.59. The van der Waals surface area contributed by atoms with E-state index in [0.717, 1.165) is 128 Å². The molecule has 0 radical (unpaired) electrons. The van der Waals surface area contributed by atoms with Gasteiger partial charge in [0.1, 0.15) is 30.8 Å². The van der Waals surface area contributed by atoms with Crippen molar-refractivity contribution in [1.82, 2.24) is 5.32 Å². The summed E-state index contributed by atoms with van der Waals surface area (Å²) >= 11 is 7.64. The van der Waals surface area contributed by atoms with Gasteiger partial charge in [-0.05, 0) is 186 Å². The third-order valence-corrected chi connectivity index (χ3v) is 45.6. The molecule has 3 aliphatic carbocycles. The van der Waals surface area contributed by atoms with E-state index in [2.05, 4.69) is 177 Å². The second-order valence-corrected chi connectivity index (χ2v) is 61.8. The Hall–Kier alpha value is -5.15. The Morgan fingerprint density at radius 3 is 1.47 bits per heavy atom. The standard InChI is InChI=1S/C21H21FN2O2S.C13H18FNO2.C12H26O2Si.C10H24O2Si.C10H22O2Si.C7H11NO2.C7H13NO2.C7H14O2.C7H12O2.C6H15ClSi/c1-26-18-11-12-21(15-9-5-6-10-17(15)22)16(18)13-27-20(24-21)23-19(25)14-7-3-2-4-8-14;1-17-12-6-7-13(15,10(12)8-16)9-4-2-3-5-11(9)14;1-7-11(13)9-8-10-14-15(5,6)12(2,3)4;2*1-10(2,3)13(4,5)12-9-7-6-8-11;1-9-7-3-2-6-5(7)4-10-8-6;1-3-7(10-2)5-4-6-8-9;2*1-3-7(9-2)5-4-6-8;1-6(2,3)8(4,5)7/h2-10,16,18H,11-13H2,1H3,(H,23,24,25);2-5,10,12,16H,6-8,15H2,1H3;7,11,13H,1,8-10H2,2-6H3;11H,6-9H2,1-5H3;8H,6-7,9H2,1-5H3;5,7H,2-4H2,1H3;3,6-7,9H,1,4-5H2,2H3;3,7-8H,1,4-6H2,2H3;3,6-7H,1,4-5H2,2H3;1-5H3/b;;;;;;8-6-;;;/t16-,18?,21-;10-,12?,13-;;;;5-,7?;;;;/m11...0..../s1. The third kappa shape index (κ3) is 47.7. The highest BCUT2D eigenvalue weighted by Crippen LogP contribution is 2.53. The van der Waals surface area contributed by atoms with Crippen LogP contribution in [0.25, 0.3) is 0 Å². The molecule has 752 valence electrons. The zero-order chi connectivity index (χ0) is 101. The van der Waals surface area contributed by atoms with Crippen molar-refractivity contribution in [3.63, 3.8) is 0 Å². The SMILES string of the molecule is C=CC(CC/C=N\O)OC.C=CC(CCC=O)OC.C=CC(CCCO)OC.C=CC(O)CCCO[Si](C)(C)C(C)(C)C.CC(C)(C)[Si](C)(C)Cl.CC(C)(C)[Si](C)(C)OCCCC=O.CC(C)(C)[Si](C)(C)OCCCCO.COC1CCC2=NOC[C@@H]21.COC1CC[C@@](N)(c2ccccc2F)[C@@H]1CO.COC1CC[C@]2(c3ccccc3F)N=C(NC(=O)c3ccccc3)SC[C@H]12. The van der Waals surface area contributed by atoms with Gasteiger partial charge in [0.25, 0.3) is 5.91 Å². The van der Waals surface area contributed by atoms with Gasteiger partial charge in [0.15, 0.2) is 37.5 Å². The number of hydrogen-bond acceptors (Lipinski definition) is 23. The number of fused-ring (bicyclic) bond motifs is 2. The summed E-state index contributed by atoms with van der Waals surface area (Å²) in [5.41, 5.74) is 7.62. The summed E-state index contributed by atoms with van der Waals surface area (Å²) in [5.74, 6) is 0.219. The minimum atomic E-state index is -1.59. The lowest BCUT2D eigenvalue weighted by Crippen LogP contribution is -2.45. The first-order chi connectivity index (χ1) is 61.3. The van der Waals surface area contributed by atoms with Crippen LogP contribution in [-0.4, -0.2) is 231 Å². The van der Waals surface area contributed by atoms with Crippen LogP contribution < -0.4 is 11.1 Å². The Bertz CT molecular complexity index is 3700. The maximum absolute atomic E-state index is 14.7. The van der Waals surface area contributed by atoms with Gasteiger partial charge in [-0.2, -0.15) is 11.1 Å². The Morgan fingerprint density at radius 2 is 1.05 bits per heavy atom. The third-order valence-electron chi connectivity index (χ3n) is 25.7. The predicted molar refractivity (Wildman–Crippen MR) is 549 cm³/mol. The second kappa shape index (κ2) is 66.4. The number of carbonyl (C=O) groups is 3. The molecule has 2 aliphatic heterocycles. The quantitative estimate of drug-likeness (QED) is 0.00410. The number of unbranched alkanes of at least 4 members (excludes halogenated alkanes) is 2. The first-order valence-corrected chi connectivity index (χ1v) is 59.9. The number of aliphatic imine (C=N–C) groups is 1. The summed E-state index contributed by atoms with van der Waals surface area (Å²) in [5, 5.41) is 55.2. The molecule has 3 saturated carbocycles. The van der Waals surface area contributed by atoms with E-state index in [4.69, 9.17) is 83.8 Å². The Morgan fingerprint density at radius 1 is 0.595 bits per heavy atom. The first-order valence-electron chi connectivity index (χ1n) is 46.2. The van der Waals surface area contributed by atoms with Crippen LogP contribution in [0.2, 0.25) is 72.5 Å². The number of aldehydes is 2. The number of amidine groups is 1. The maximum atomic E-state index is 14.7. The molecule has 8 N–H and O–H groups in total. The molecular formula is C100H176ClF2N5O18SSi4. The van der Waals surface area contributed by atoms with Crippen LogP contribution in [0.3, 0.4) is 0 Å². The van der Waals surface area contributed by atoms with Crippen LogP contribution in [0.15, 0.2) is 145 Å². The number of oxime groups is 2. The molecule has 5 aliphatic rings. The molecule has 0 spiro atoms. The van der Waals surface area contributed by atoms with Crippen molar-refractivity contribution in [1.29, 1.82) is 0 Å². The van der Waals surface area contributed by atoms with Crippen molar-refractivity contribution >= 4 is 90.8 Å². The fourth-order valence-corrected chi connectivity index (χ4v) is 17.4. The van der Waals surface area contributed by atoms with Gasteiger partial charge in [-0.1, -0.05) is 192 Å². The number of benzene rings is 3. The van der Waals surface area contributed by atoms with Gasteiger partial charge in [0.05, 0.1) is 72.0 Å². The number of methoxy groups -OCH3 is 6. The van der Waals surface area contributed by atoms with E-state index in [1.807, 2.05) is 24.3 Å². The summed E-state index contributed by atoms with van der Waals surface area (Å²) in [4.78, 5) is 42.3. The van der Waals surface area contributed by atoms with E-state index in [1.54, 1.807) is 109 Å². The maximum Gasteiger partial charge on any atom is 0.257 e. The molecule has 3 aromatic rings. The molecule has 3 aromatic carbocycles. The molecular weight excluding hydrogens is 1780 g/mol. The smallest absolute Gasteiger partial charge is 0.257 e. The van der Waals surface area contributed by atoms with Gasteiger partial charge in [-0.3, -0.25) is 9.79 Å². The topological polar surface area (TPSA) is 320 Å². The summed E-state index contributed by atoms with van der Waals surface area (Å²) in [6.45, 7) is 62.2. The second-order valence-electron chi connectivity index (χ2n) is 39.0. The fourth-order valence-electron chi connectivity index (χ4n) is 12.9. The average molecular weight is 1950 g/mol. The van der Waals surface area contributed by atoms with Gasteiger partial charge in [0, 0.05) is 129 Å². The van der Waals surface area contributed by atoms with Crippen molar-refractivity contribution < 1.29 is 95.3 Å². The van der Waals surface area contributed by atoms with Crippen LogP contribution in [0.1, 0.15) is 220 Å². The van der Waals surface area contributed by atoms with Crippen molar-refractivity contribution in [2.24, 2.45) is 38.8 Å². The predicted octanol–water partition coefficient (Wildman–Crippen LogP) is 22.1. The minimum absolute atomic E-state index is 0.0345. The zero-order valence-electron chi connectivity index (χ0n) is 85.0. The fraction of sp³-hybridized carbons (Fsp3) is 0.680. The van der Waals surface area contributed by atoms with Crippen molar-refractivity contribution in [2.75, 3.05) is 94.7 Å². The summed E-state index contributed by atoms with van der Waals surface area (Å²) < 4.78 is 77.4. The highest BCUT2D eigenvalue weighted by Gasteiger charge is 2.54. The Kier molecular flexibility index (Phi) is 64.8. The summed E-state index contributed by atoms with van der Waals surface area (Å²) in [6, 6.07) is 22.3. The minimum Gasteiger partial charge on any atom is -0.417 e. The van der Waals surface area contributed by atoms with Gasteiger partial charge in [-0.15, -0.1) is 31.5 Å². The van der Waals surface area contributed by atoms with Crippen LogP contribution >= 0.6 is 22.8 Å². The lowest BCUT2D eigenvalue weighted by atomic mass is 9.81. The highest BCUT2D eigenvalue weighted by molar-refractivity contribution is 8.13. The normalized spacial score (nSPS) is 20.7. The van der Waals surface area contributed by atoms with Crippen molar-refractivity contribution in [3.8, 4) is 0 Å². The number of rotatable bonds is 38. The van der Waals surface area contributed by atoms with Gasteiger partial charge >= 0.3 is 0 Å². The molecule has 0 bridgehead atoms. The number of ether oxygens (including phenoxy) is 6. The number of halogens is 3. The highest BCUT2D eigenvalue weighted by atomic mass is 35.6. The molecule has 23 nitrogen and oxygen atoms in total. The Balaban J connectivity index is 0. The van der Waals surface area contributed by atoms with E-state index in [1.165, 1.54) is 35.8 Å². The number of nitrogens with zero attached hydrogens (tertiary/aromatic N) is 3. The lowest BCUT2D eigenvalue weighted by Gasteiger charge is -2.38. The van der Waals surface area contributed by atoms with Crippen LogP contribution in [0, 0.1) is 29.4 Å². The summed E-state index contributed by atoms with van der Waals surface area (Å²) in [7, 11) is 3.84. The number of nitrogens with two attached hydrogens (primary N) is 1. The van der Waals surface area contributed by atoms with Crippen LogP contribution in [-0.2, 0) is 67.2 Å². The number of amides is 1. The largest absolute Gasteiger partial charge is 0.417 e. The van der Waals surface area contributed by atoms with Crippen molar-refractivity contribution in [3.05, 3.63) is 158 Å². The molecule has 31 heteroatoms. The van der Waals surface area contributed by atoms with Crippen LogP contribution in [0.5, 0.6) is 0 Å². The Labute approximate surface area is 802 Å². The number of hydrogen-bond donors (Lipinski definition) is 7. The molecule has 12 atom stereocenters. The number of aliphatic hydroxyl groups excluding tert-OH is 4. The van der Waals surface area contributed by atoms with E-state index < -0.39 is 43.4 Å². The molecule has 7 unspecified atom stereocenters. The lowest BCUT2D eigenvalue weighted by molar-refractivity contribution is -0.108. The first kappa shape index (κ1) is 128. The van der Waals surface area contributed by atoms with E-state index in [9.17, 15) is 33.4 Å². The number of carbonyl (C=O) groups excluding carboxylic acids is 3. The van der Waals surface area contributed by atoms with Gasteiger partial charge in [0.2, 0.25) is 0 Å². The monoisotopic (exact) mass is 1950 g/mol.